The highest BCUT2D eigenvalue weighted by Crippen LogP contribution is 2.35. The summed E-state index contributed by atoms with van der Waals surface area (Å²) >= 11 is 0. The second kappa shape index (κ2) is 9.94. The summed E-state index contributed by atoms with van der Waals surface area (Å²) in [5, 5.41) is 6.17. The Labute approximate surface area is 171 Å². The molecule has 29 heavy (non-hydrogen) atoms. The third-order valence-electron chi connectivity index (χ3n) is 5.58. The highest BCUT2D eigenvalue weighted by molar-refractivity contribution is 5.47. The van der Waals surface area contributed by atoms with E-state index in [9.17, 15) is 8.78 Å². The summed E-state index contributed by atoms with van der Waals surface area (Å²) in [5.41, 5.74) is 3.01. The van der Waals surface area contributed by atoms with Crippen molar-refractivity contribution in [3.05, 3.63) is 41.3 Å². The lowest BCUT2D eigenvalue weighted by Gasteiger charge is -2.22. The molecule has 0 fully saturated rings. The molecule has 0 aliphatic carbocycles. The number of aryl methyl sites for hydroxylation is 2. The summed E-state index contributed by atoms with van der Waals surface area (Å²) in [7, 11) is 1.73. The minimum Gasteiger partial charge on any atom is -0.370 e. The molecule has 0 saturated carbocycles. The molecular weight excluding hydrogens is 372 g/mol. The number of alkyl halides is 2. The molecule has 7 heteroatoms. The van der Waals surface area contributed by atoms with Crippen LogP contribution >= 0.6 is 0 Å². The first-order chi connectivity index (χ1) is 14.0. The maximum absolute atomic E-state index is 14.6. The van der Waals surface area contributed by atoms with E-state index in [1.807, 2.05) is 13.0 Å². The van der Waals surface area contributed by atoms with Crippen LogP contribution < -0.4 is 10.6 Å². The summed E-state index contributed by atoms with van der Waals surface area (Å²) in [6.45, 7) is 2.89. The summed E-state index contributed by atoms with van der Waals surface area (Å²) in [4.78, 5) is 13.0. The summed E-state index contributed by atoms with van der Waals surface area (Å²) in [6.07, 6.45) is 7.83. The van der Waals surface area contributed by atoms with Crippen LogP contribution in [-0.2, 0) is 12.8 Å². The van der Waals surface area contributed by atoms with Gasteiger partial charge in [0.05, 0.1) is 0 Å². The molecule has 0 radical (unpaired) electrons. The Morgan fingerprint density at radius 1 is 1.21 bits per heavy atom. The lowest BCUT2D eigenvalue weighted by Crippen LogP contribution is -2.20. The summed E-state index contributed by atoms with van der Waals surface area (Å²) < 4.78 is 29.1. The van der Waals surface area contributed by atoms with Gasteiger partial charge in [0.2, 0.25) is 11.9 Å². The molecule has 0 aromatic carbocycles. The number of hydrogen-bond acceptors (Lipinski definition) is 5. The van der Waals surface area contributed by atoms with Gasteiger partial charge in [-0.05, 0) is 61.6 Å². The molecule has 0 bridgehead atoms. The SMILES string of the molecule is CC[C@@H](CC(F)(F)CCCCc1ccc2c(n1)NCCC2)c1cnc(NC)nc1. The zero-order valence-electron chi connectivity index (χ0n) is 17.3. The van der Waals surface area contributed by atoms with Crippen molar-refractivity contribution < 1.29 is 8.78 Å². The molecule has 2 aromatic rings. The summed E-state index contributed by atoms with van der Waals surface area (Å²) in [6, 6.07) is 4.15. The number of pyridine rings is 1. The van der Waals surface area contributed by atoms with Gasteiger partial charge in [-0.2, -0.15) is 0 Å². The van der Waals surface area contributed by atoms with E-state index in [1.165, 1.54) is 5.56 Å². The molecule has 1 atom stereocenters. The lowest BCUT2D eigenvalue weighted by molar-refractivity contribution is -0.0251. The molecule has 0 spiro atoms. The van der Waals surface area contributed by atoms with Gasteiger partial charge < -0.3 is 10.6 Å². The van der Waals surface area contributed by atoms with Crippen LogP contribution in [0.1, 0.15) is 68.2 Å². The van der Waals surface area contributed by atoms with Gasteiger partial charge in [0, 0.05) is 44.5 Å². The van der Waals surface area contributed by atoms with E-state index in [-0.39, 0.29) is 18.8 Å². The predicted octanol–water partition coefficient (Wildman–Crippen LogP) is 5.20. The Kier molecular flexibility index (Phi) is 7.34. The average Bonchev–Trinajstić information content (AvgIpc) is 2.75. The second-order valence-electron chi connectivity index (χ2n) is 7.80. The molecule has 0 unspecified atom stereocenters. The first-order valence-corrected chi connectivity index (χ1v) is 10.6. The van der Waals surface area contributed by atoms with Gasteiger partial charge in [0.15, 0.2) is 0 Å². The average molecular weight is 404 g/mol. The number of anilines is 2. The van der Waals surface area contributed by atoms with Crippen LogP contribution in [0.25, 0.3) is 0 Å². The molecule has 3 rings (SSSR count). The molecule has 0 amide bonds. The Balaban J connectivity index is 1.47. The van der Waals surface area contributed by atoms with E-state index < -0.39 is 5.92 Å². The van der Waals surface area contributed by atoms with Gasteiger partial charge in [-0.15, -0.1) is 0 Å². The van der Waals surface area contributed by atoms with Crippen LogP contribution in [0.3, 0.4) is 0 Å². The maximum Gasteiger partial charge on any atom is 0.248 e. The third kappa shape index (κ3) is 6.08. The van der Waals surface area contributed by atoms with Crippen molar-refractivity contribution >= 4 is 11.8 Å². The van der Waals surface area contributed by atoms with E-state index in [0.29, 0.717) is 18.8 Å². The number of fused-ring (bicyclic) bond motifs is 1. The van der Waals surface area contributed by atoms with Crippen LogP contribution in [0.4, 0.5) is 20.5 Å². The van der Waals surface area contributed by atoms with E-state index in [1.54, 1.807) is 19.4 Å². The fraction of sp³-hybridized carbons (Fsp3) is 0.591. The first-order valence-electron chi connectivity index (χ1n) is 10.6. The van der Waals surface area contributed by atoms with Crippen molar-refractivity contribution in [1.29, 1.82) is 0 Å². The topological polar surface area (TPSA) is 62.7 Å². The van der Waals surface area contributed by atoms with E-state index >= 15 is 0 Å². The highest BCUT2D eigenvalue weighted by atomic mass is 19.3. The normalized spacial score (nSPS) is 14.8. The van der Waals surface area contributed by atoms with Gasteiger partial charge in [-0.1, -0.05) is 13.0 Å². The van der Waals surface area contributed by atoms with Crippen LogP contribution in [0.2, 0.25) is 0 Å². The number of nitrogens with one attached hydrogen (secondary N) is 2. The van der Waals surface area contributed by atoms with Crippen LogP contribution in [0.5, 0.6) is 0 Å². The Morgan fingerprint density at radius 2 is 2.00 bits per heavy atom. The van der Waals surface area contributed by atoms with Crippen molar-refractivity contribution in [2.75, 3.05) is 24.2 Å². The number of nitrogens with zero attached hydrogens (tertiary/aromatic N) is 3. The number of unbranched alkanes of at least 4 members (excludes halogenated alkanes) is 1. The Bertz CT molecular complexity index is 779. The van der Waals surface area contributed by atoms with Gasteiger partial charge >= 0.3 is 0 Å². The highest BCUT2D eigenvalue weighted by Gasteiger charge is 2.32. The van der Waals surface area contributed by atoms with E-state index in [4.69, 9.17) is 0 Å². The molecular formula is C22H31F2N5. The molecule has 1 aliphatic heterocycles. The van der Waals surface area contributed by atoms with E-state index in [0.717, 1.165) is 49.3 Å². The molecule has 1 aliphatic rings. The predicted molar refractivity (Wildman–Crippen MR) is 113 cm³/mol. The zero-order chi connectivity index (χ0) is 20.7. The Morgan fingerprint density at radius 3 is 2.72 bits per heavy atom. The van der Waals surface area contributed by atoms with Gasteiger partial charge in [0.25, 0.3) is 0 Å². The molecule has 0 saturated heterocycles. The monoisotopic (exact) mass is 403 g/mol. The van der Waals surface area contributed by atoms with Crippen molar-refractivity contribution in [1.82, 2.24) is 15.0 Å². The quantitative estimate of drug-likeness (QED) is 0.534. The first kappa shape index (κ1) is 21.4. The van der Waals surface area contributed by atoms with Gasteiger partial charge in [-0.3, -0.25) is 0 Å². The fourth-order valence-corrected chi connectivity index (χ4v) is 3.84. The molecule has 2 N–H and O–H groups in total. The van der Waals surface area contributed by atoms with Crippen LogP contribution in [-0.4, -0.2) is 34.5 Å². The van der Waals surface area contributed by atoms with Gasteiger partial charge in [-0.25, -0.2) is 23.7 Å². The van der Waals surface area contributed by atoms with E-state index in [2.05, 4.69) is 31.7 Å². The maximum atomic E-state index is 14.6. The van der Waals surface area contributed by atoms with Crippen LogP contribution in [0.15, 0.2) is 24.5 Å². The van der Waals surface area contributed by atoms with Crippen molar-refractivity contribution in [3.8, 4) is 0 Å². The van der Waals surface area contributed by atoms with Crippen molar-refractivity contribution in [2.24, 2.45) is 0 Å². The zero-order valence-corrected chi connectivity index (χ0v) is 17.3. The third-order valence-corrected chi connectivity index (χ3v) is 5.58. The minimum absolute atomic E-state index is 0.0951. The second-order valence-corrected chi connectivity index (χ2v) is 7.80. The largest absolute Gasteiger partial charge is 0.370 e. The molecule has 5 nitrogen and oxygen atoms in total. The van der Waals surface area contributed by atoms with Crippen molar-refractivity contribution in [3.63, 3.8) is 0 Å². The van der Waals surface area contributed by atoms with Crippen molar-refractivity contribution in [2.45, 2.75) is 70.1 Å². The molecule has 2 aromatic heterocycles. The lowest BCUT2D eigenvalue weighted by atomic mass is 9.90. The molecule has 158 valence electrons. The fourth-order valence-electron chi connectivity index (χ4n) is 3.84. The summed E-state index contributed by atoms with van der Waals surface area (Å²) in [5.74, 6) is -1.45. The van der Waals surface area contributed by atoms with Gasteiger partial charge in [0.1, 0.15) is 5.82 Å². The molecule has 3 heterocycles. The Hall–Kier alpha value is -2.31. The number of rotatable bonds is 10. The minimum atomic E-state index is -2.69. The smallest absolute Gasteiger partial charge is 0.248 e. The number of aromatic nitrogens is 3. The number of hydrogen-bond donors (Lipinski definition) is 2. The number of halogens is 2. The standard InChI is InChI=1S/C22H31F2N5/c1-3-16(18-14-27-21(25-2)28-15-18)13-22(23,24)11-5-4-8-19-10-9-17-7-6-12-26-20(17)29-19/h9-10,14-16H,3-8,11-13H2,1-2H3,(H,26,29)(H,25,27,28)/t16-/m0/s1. The van der Waals surface area contributed by atoms with Crippen LogP contribution in [0, 0.1) is 0 Å².